The number of rotatable bonds is 5. The Hall–Kier alpha value is -0.870. The first kappa shape index (κ1) is 13.6. The van der Waals surface area contributed by atoms with Gasteiger partial charge in [0.25, 0.3) is 0 Å². The summed E-state index contributed by atoms with van der Waals surface area (Å²) in [5.74, 6) is 0.970. The fourth-order valence-electron chi connectivity index (χ4n) is 2.23. The second kappa shape index (κ2) is 6.34. The maximum Gasteiger partial charge on any atom is 0.139 e. The molecule has 1 aliphatic heterocycles. The Morgan fingerprint density at radius 3 is 3.06 bits per heavy atom. The van der Waals surface area contributed by atoms with Gasteiger partial charge in [-0.3, -0.25) is 4.79 Å². The molecular weight excluding hydrogens is 296 g/mol. The smallest absolute Gasteiger partial charge is 0.139 e. The Labute approximate surface area is 116 Å². The minimum atomic E-state index is 0.121. The van der Waals surface area contributed by atoms with Gasteiger partial charge >= 0.3 is 0 Å². The van der Waals surface area contributed by atoms with Crippen molar-refractivity contribution in [3.05, 3.63) is 28.2 Å². The Bertz CT molecular complexity index is 425. The summed E-state index contributed by atoms with van der Waals surface area (Å²) < 4.78 is 11.7. The lowest BCUT2D eigenvalue weighted by atomic mass is 10.0. The van der Waals surface area contributed by atoms with Crippen LogP contribution in [0, 0.1) is 0 Å². The summed E-state index contributed by atoms with van der Waals surface area (Å²) in [5, 5.41) is 0. The molecule has 0 N–H and O–H groups in total. The number of halogens is 1. The van der Waals surface area contributed by atoms with Crippen molar-refractivity contribution in [1.29, 1.82) is 0 Å². The van der Waals surface area contributed by atoms with E-state index in [4.69, 9.17) is 9.47 Å². The van der Waals surface area contributed by atoms with Crippen LogP contribution >= 0.6 is 15.9 Å². The second-order valence-electron chi connectivity index (χ2n) is 4.51. The summed E-state index contributed by atoms with van der Waals surface area (Å²) in [7, 11) is 1.62. The molecule has 0 amide bonds. The van der Waals surface area contributed by atoms with Crippen molar-refractivity contribution in [1.82, 2.24) is 0 Å². The number of hydrogen-bond acceptors (Lipinski definition) is 3. The van der Waals surface area contributed by atoms with Gasteiger partial charge in [-0.15, -0.1) is 0 Å². The molecule has 18 heavy (non-hydrogen) atoms. The van der Waals surface area contributed by atoms with Gasteiger partial charge in [0, 0.05) is 29.5 Å². The van der Waals surface area contributed by atoms with Crippen LogP contribution in [0.2, 0.25) is 0 Å². The third-order valence-electron chi connectivity index (χ3n) is 3.11. The first-order valence-corrected chi connectivity index (χ1v) is 6.94. The van der Waals surface area contributed by atoms with Crippen LogP contribution < -0.4 is 4.74 Å². The van der Waals surface area contributed by atoms with Crippen molar-refractivity contribution in [2.24, 2.45) is 0 Å². The number of carbonyl (C=O) groups is 1. The van der Waals surface area contributed by atoms with E-state index in [1.54, 1.807) is 7.11 Å². The Kier molecular flexibility index (Phi) is 4.78. The van der Waals surface area contributed by atoms with Crippen LogP contribution in [-0.4, -0.2) is 25.6 Å². The maximum absolute atomic E-state index is 12.0. The zero-order valence-electron chi connectivity index (χ0n) is 10.4. The van der Waals surface area contributed by atoms with Gasteiger partial charge in [0.2, 0.25) is 0 Å². The van der Waals surface area contributed by atoms with Crippen molar-refractivity contribution in [3.63, 3.8) is 0 Å². The zero-order valence-corrected chi connectivity index (χ0v) is 12.0. The van der Waals surface area contributed by atoms with E-state index in [0.717, 1.165) is 35.2 Å². The molecule has 1 heterocycles. The van der Waals surface area contributed by atoms with Gasteiger partial charge in [0.05, 0.1) is 13.2 Å². The highest BCUT2D eigenvalue weighted by Gasteiger charge is 2.20. The fourth-order valence-corrected chi connectivity index (χ4v) is 2.64. The van der Waals surface area contributed by atoms with Crippen LogP contribution in [0.1, 0.15) is 24.8 Å². The minimum absolute atomic E-state index is 0.121. The van der Waals surface area contributed by atoms with Crippen molar-refractivity contribution in [3.8, 4) is 5.75 Å². The molecule has 1 atom stereocenters. The van der Waals surface area contributed by atoms with E-state index in [-0.39, 0.29) is 11.9 Å². The Morgan fingerprint density at radius 1 is 1.56 bits per heavy atom. The molecule has 1 aliphatic rings. The quantitative estimate of drug-likeness (QED) is 0.838. The van der Waals surface area contributed by atoms with Crippen LogP contribution in [-0.2, 0) is 16.0 Å². The average Bonchev–Trinajstić information content (AvgIpc) is 2.82. The van der Waals surface area contributed by atoms with Crippen LogP contribution in [0.4, 0.5) is 0 Å². The third-order valence-corrected chi connectivity index (χ3v) is 3.60. The predicted molar refractivity (Wildman–Crippen MR) is 73.0 cm³/mol. The molecular formula is C14H17BrO3. The topological polar surface area (TPSA) is 35.5 Å². The number of methoxy groups -OCH3 is 1. The molecule has 0 aromatic heterocycles. The lowest BCUT2D eigenvalue weighted by molar-refractivity contribution is -0.120. The molecule has 1 aromatic rings. The van der Waals surface area contributed by atoms with Gasteiger partial charge in [0.15, 0.2) is 0 Å². The summed E-state index contributed by atoms with van der Waals surface area (Å²) in [6.07, 6.45) is 3.10. The van der Waals surface area contributed by atoms with Gasteiger partial charge in [-0.1, -0.05) is 15.9 Å². The van der Waals surface area contributed by atoms with Gasteiger partial charge in [-0.2, -0.15) is 0 Å². The number of ether oxygens (including phenoxy) is 2. The highest BCUT2D eigenvalue weighted by molar-refractivity contribution is 9.10. The van der Waals surface area contributed by atoms with Gasteiger partial charge in [-0.25, -0.2) is 0 Å². The standard InChI is InChI=1S/C14H17BrO3/c1-17-14-5-4-11(15)7-10(14)8-12(16)9-13-3-2-6-18-13/h4-5,7,13H,2-3,6,8-9H2,1H3. The number of benzene rings is 1. The van der Waals surface area contributed by atoms with Crippen LogP contribution in [0.25, 0.3) is 0 Å². The Balaban J connectivity index is 1.99. The van der Waals surface area contributed by atoms with Gasteiger partial charge in [-0.05, 0) is 31.0 Å². The molecule has 3 nitrogen and oxygen atoms in total. The van der Waals surface area contributed by atoms with Crippen molar-refractivity contribution < 1.29 is 14.3 Å². The van der Waals surface area contributed by atoms with E-state index in [2.05, 4.69) is 15.9 Å². The first-order valence-electron chi connectivity index (χ1n) is 6.15. The number of hydrogen-bond donors (Lipinski definition) is 0. The van der Waals surface area contributed by atoms with E-state index in [9.17, 15) is 4.79 Å². The monoisotopic (exact) mass is 312 g/mol. The van der Waals surface area contributed by atoms with E-state index in [1.807, 2.05) is 18.2 Å². The van der Waals surface area contributed by atoms with Crippen molar-refractivity contribution >= 4 is 21.7 Å². The van der Waals surface area contributed by atoms with E-state index in [1.165, 1.54) is 0 Å². The molecule has 0 spiro atoms. The zero-order chi connectivity index (χ0) is 13.0. The number of ketones is 1. The molecule has 98 valence electrons. The summed E-state index contributed by atoms with van der Waals surface area (Å²) in [6, 6.07) is 5.72. The Morgan fingerprint density at radius 2 is 2.39 bits per heavy atom. The van der Waals surface area contributed by atoms with Crippen LogP contribution in [0.5, 0.6) is 5.75 Å². The molecule has 4 heteroatoms. The lowest BCUT2D eigenvalue weighted by Crippen LogP contribution is -2.14. The molecule has 0 saturated carbocycles. The van der Waals surface area contributed by atoms with E-state index < -0.39 is 0 Å². The molecule has 2 rings (SSSR count). The largest absolute Gasteiger partial charge is 0.496 e. The fraction of sp³-hybridized carbons (Fsp3) is 0.500. The SMILES string of the molecule is COc1ccc(Br)cc1CC(=O)CC1CCCO1. The first-order chi connectivity index (χ1) is 8.69. The summed E-state index contributed by atoms with van der Waals surface area (Å²) in [5.41, 5.74) is 0.926. The molecule has 1 unspecified atom stereocenters. The van der Waals surface area contributed by atoms with Crippen LogP contribution in [0.3, 0.4) is 0 Å². The van der Waals surface area contributed by atoms with Crippen LogP contribution in [0.15, 0.2) is 22.7 Å². The summed E-state index contributed by atoms with van der Waals surface area (Å²) in [6.45, 7) is 0.790. The third kappa shape index (κ3) is 3.56. The summed E-state index contributed by atoms with van der Waals surface area (Å²) in [4.78, 5) is 12.0. The molecule has 0 aliphatic carbocycles. The number of Topliss-reactive ketones (excluding diaryl/α,β-unsaturated/α-hetero) is 1. The van der Waals surface area contributed by atoms with Crippen molar-refractivity contribution in [2.75, 3.05) is 13.7 Å². The van der Waals surface area contributed by atoms with Crippen molar-refractivity contribution in [2.45, 2.75) is 31.8 Å². The lowest BCUT2D eigenvalue weighted by Gasteiger charge is -2.11. The highest BCUT2D eigenvalue weighted by Crippen LogP contribution is 2.24. The predicted octanol–water partition coefficient (Wildman–Crippen LogP) is 3.14. The van der Waals surface area contributed by atoms with Gasteiger partial charge < -0.3 is 9.47 Å². The number of carbonyl (C=O) groups excluding carboxylic acids is 1. The van der Waals surface area contributed by atoms with E-state index in [0.29, 0.717) is 12.8 Å². The highest BCUT2D eigenvalue weighted by atomic mass is 79.9. The van der Waals surface area contributed by atoms with E-state index >= 15 is 0 Å². The molecule has 0 radical (unpaired) electrons. The van der Waals surface area contributed by atoms with Gasteiger partial charge in [0.1, 0.15) is 11.5 Å². The molecule has 1 saturated heterocycles. The summed E-state index contributed by atoms with van der Waals surface area (Å²) >= 11 is 3.41. The normalized spacial score (nSPS) is 18.9. The molecule has 0 bridgehead atoms. The average molecular weight is 313 g/mol. The molecule has 1 fully saturated rings. The second-order valence-corrected chi connectivity index (χ2v) is 5.43. The molecule has 1 aromatic carbocycles. The minimum Gasteiger partial charge on any atom is -0.496 e. The maximum atomic E-state index is 12.0.